The van der Waals surface area contributed by atoms with Gasteiger partial charge in [0.15, 0.2) is 5.82 Å². The fourth-order valence-corrected chi connectivity index (χ4v) is 3.53. The van der Waals surface area contributed by atoms with Gasteiger partial charge in [0.2, 0.25) is 5.89 Å². The standard InChI is InChI=1S/C19H24N4O3/c1-11-8-12(2)16(13(3)9-11)21-17(24)19(25)23-7-5-6-15(10-23)18-20-14(4)22-26-18/h8-9,15H,5-7,10H2,1-4H3,(H,21,24). The van der Waals surface area contributed by atoms with E-state index in [-0.39, 0.29) is 5.92 Å². The predicted octanol–water partition coefficient (Wildman–Crippen LogP) is 2.65. The molecule has 3 rings (SSSR count). The van der Waals surface area contributed by atoms with E-state index in [9.17, 15) is 9.59 Å². The van der Waals surface area contributed by atoms with Crippen LogP contribution in [0, 0.1) is 27.7 Å². The minimum atomic E-state index is -0.609. The number of hydrogen-bond donors (Lipinski definition) is 1. The molecule has 1 aliphatic heterocycles. The number of carbonyl (C=O) groups is 2. The Hall–Kier alpha value is -2.70. The van der Waals surface area contributed by atoms with Gasteiger partial charge in [0, 0.05) is 18.8 Å². The second kappa shape index (κ2) is 7.27. The lowest BCUT2D eigenvalue weighted by molar-refractivity contribution is -0.144. The van der Waals surface area contributed by atoms with Crippen LogP contribution in [0.5, 0.6) is 0 Å². The van der Waals surface area contributed by atoms with Crippen molar-refractivity contribution >= 4 is 17.5 Å². The number of hydrogen-bond acceptors (Lipinski definition) is 5. The number of piperidine rings is 1. The number of rotatable bonds is 2. The Kier molecular flexibility index (Phi) is 5.06. The van der Waals surface area contributed by atoms with E-state index in [0.717, 1.165) is 29.5 Å². The van der Waals surface area contributed by atoms with E-state index >= 15 is 0 Å². The van der Waals surface area contributed by atoms with Crippen LogP contribution in [0.2, 0.25) is 0 Å². The maximum absolute atomic E-state index is 12.6. The van der Waals surface area contributed by atoms with Gasteiger partial charge in [-0.2, -0.15) is 4.98 Å². The van der Waals surface area contributed by atoms with Gasteiger partial charge in [-0.3, -0.25) is 9.59 Å². The number of nitrogens with one attached hydrogen (secondary N) is 1. The van der Waals surface area contributed by atoms with Crippen molar-refractivity contribution in [2.75, 3.05) is 18.4 Å². The molecular weight excluding hydrogens is 332 g/mol. The molecule has 1 aromatic carbocycles. The summed E-state index contributed by atoms with van der Waals surface area (Å²) in [6, 6.07) is 3.98. The fraction of sp³-hybridized carbons (Fsp3) is 0.474. The molecule has 1 fully saturated rings. The van der Waals surface area contributed by atoms with Crippen molar-refractivity contribution in [2.24, 2.45) is 0 Å². The Morgan fingerprint density at radius 3 is 2.50 bits per heavy atom. The molecule has 7 nitrogen and oxygen atoms in total. The number of benzene rings is 1. The molecule has 1 unspecified atom stereocenters. The van der Waals surface area contributed by atoms with Gasteiger partial charge in [0.25, 0.3) is 0 Å². The molecule has 0 aliphatic carbocycles. The average Bonchev–Trinajstić information content (AvgIpc) is 3.04. The summed E-state index contributed by atoms with van der Waals surface area (Å²) in [5.74, 6) is -0.0468. The summed E-state index contributed by atoms with van der Waals surface area (Å²) in [7, 11) is 0. The summed E-state index contributed by atoms with van der Waals surface area (Å²) in [6.07, 6.45) is 1.66. The Labute approximate surface area is 152 Å². The summed E-state index contributed by atoms with van der Waals surface area (Å²) >= 11 is 0. The molecule has 0 spiro atoms. The van der Waals surface area contributed by atoms with Gasteiger partial charge >= 0.3 is 11.8 Å². The van der Waals surface area contributed by atoms with Crippen molar-refractivity contribution in [1.29, 1.82) is 0 Å². The lowest BCUT2D eigenvalue weighted by Gasteiger charge is -2.30. The zero-order chi connectivity index (χ0) is 18.8. The number of carbonyl (C=O) groups excluding carboxylic acids is 2. The Morgan fingerprint density at radius 2 is 1.88 bits per heavy atom. The van der Waals surface area contributed by atoms with Gasteiger partial charge in [0.1, 0.15) is 0 Å². The number of amides is 2. The molecule has 2 amide bonds. The first kappa shape index (κ1) is 18.1. The van der Waals surface area contributed by atoms with Crippen LogP contribution in [0.1, 0.15) is 47.2 Å². The summed E-state index contributed by atoms with van der Waals surface area (Å²) in [6.45, 7) is 8.59. The molecule has 1 N–H and O–H groups in total. The second-order valence-corrected chi connectivity index (χ2v) is 7.00. The van der Waals surface area contributed by atoms with E-state index < -0.39 is 11.8 Å². The van der Waals surface area contributed by atoms with Crippen molar-refractivity contribution in [3.63, 3.8) is 0 Å². The Bertz CT molecular complexity index is 820. The smallest absolute Gasteiger partial charge is 0.313 e. The van der Waals surface area contributed by atoms with E-state index in [1.807, 2.05) is 32.9 Å². The number of nitrogens with zero attached hydrogens (tertiary/aromatic N) is 3. The Morgan fingerprint density at radius 1 is 1.19 bits per heavy atom. The third-order valence-electron chi connectivity index (χ3n) is 4.71. The molecule has 2 aromatic rings. The van der Waals surface area contributed by atoms with E-state index in [1.54, 1.807) is 11.8 Å². The minimum absolute atomic E-state index is 0.0236. The first-order valence-electron chi connectivity index (χ1n) is 8.83. The van der Waals surface area contributed by atoms with Crippen molar-refractivity contribution in [3.05, 3.63) is 40.5 Å². The largest absolute Gasteiger partial charge is 0.339 e. The van der Waals surface area contributed by atoms with Gasteiger partial charge in [-0.15, -0.1) is 0 Å². The number of aromatic nitrogens is 2. The van der Waals surface area contributed by atoms with Crippen molar-refractivity contribution in [1.82, 2.24) is 15.0 Å². The molecule has 1 saturated heterocycles. The van der Waals surface area contributed by atoms with Gasteiger partial charge in [-0.1, -0.05) is 22.9 Å². The quantitative estimate of drug-likeness (QED) is 0.836. The van der Waals surface area contributed by atoms with Gasteiger partial charge in [-0.25, -0.2) is 0 Å². The maximum Gasteiger partial charge on any atom is 0.313 e. The SMILES string of the molecule is Cc1cc(C)c(NC(=O)C(=O)N2CCCC(c3nc(C)no3)C2)c(C)c1. The van der Waals surface area contributed by atoms with Crippen LogP contribution in [0.3, 0.4) is 0 Å². The first-order chi connectivity index (χ1) is 12.3. The van der Waals surface area contributed by atoms with Crippen molar-refractivity contribution in [2.45, 2.75) is 46.5 Å². The molecule has 0 bridgehead atoms. The van der Waals surface area contributed by atoms with Crippen LogP contribution in [0.15, 0.2) is 16.7 Å². The van der Waals surface area contributed by atoms with Crippen LogP contribution >= 0.6 is 0 Å². The number of aryl methyl sites for hydroxylation is 4. The molecular formula is C19H24N4O3. The minimum Gasteiger partial charge on any atom is -0.339 e. The zero-order valence-corrected chi connectivity index (χ0v) is 15.6. The molecule has 1 aromatic heterocycles. The monoisotopic (exact) mass is 356 g/mol. The summed E-state index contributed by atoms with van der Waals surface area (Å²) < 4.78 is 5.23. The lowest BCUT2D eigenvalue weighted by Crippen LogP contribution is -2.44. The van der Waals surface area contributed by atoms with Gasteiger partial charge < -0.3 is 14.7 Å². The molecule has 2 heterocycles. The Balaban J connectivity index is 1.69. The van der Waals surface area contributed by atoms with Crippen molar-refractivity contribution in [3.8, 4) is 0 Å². The van der Waals surface area contributed by atoms with E-state index in [0.29, 0.717) is 30.5 Å². The summed E-state index contributed by atoms with van der Waals surface area (Å²) in [5.41, 5.74) is 3.72. The molecule has 26 heavy (non-hydrogen) atoms. The molecule has 0 saturated carbocycles. The van der Waals surface area contributed by atoms with Crippen molar-refractivity contribution < 1.29 is 14.1 Å². The normalized spacial score (nSPS) is 17.2. The zero-order valence-electron chi connectivity index (χ0n) is 15.6. The summed E-state index contributed by atoms with van der Waals surface area (Å²) in [5, 5.41) is 6.59. The highest BCUT2D eigenvalue weighted by Crippen LogP contribution is 2.26. The molecule has 0 radical (unpaired) electrons. The predicted molar refractivity (Wildman–Crippen MR) is 96.9 cm³/mol. The van der Waals surface area contributed by atoms with Crippen LogP contribution in [0.25, 0.3) is 0 Å². The first-order valence-corrected chi connectivity index (χ1v) is 8.83. The van der Waals surface area contributed by atoms with E-state index in [4.69, 9.17) is 4.52 Å². The number of likely N-dealkylation sites (tertiary alicyclic amines) is 1. The van der Waals surface area contributed by atoms with Crippen LogP contribution in [-0.2, 0) is 9.59 Å². The molecule has 138 valence electrons. The van der Waals surface area contributed by atoms with Gasteiger partial charge in [0.05, 0.1) is 5.92 Å². The van der Waals surface area contributed by atoms with E-state index in [1.165, 1.54) is 0 Å². The van der Waals surface area contributed by atoms with Crippen LogP contribution < -0.4 is 5.32 Å². The van der Waals surface area contributed by atoms with Gasteiger partial charge in [-0.05, 0) is 51.7 Å². The topological polar surface area (TPSA) is 88.3 Å². The third kappa shape index (κ3) is 3.76. The second-order valence-electron chi connectivity index (χ2n) is 7.00. The third-order valence-corrected chi connectivity index (χ3v) is 4.71. The average molecular weight is 356 g/mol. The summed E-state index contributed by atoms with van der Waals surface area (Å²) in [4.78, 5) is 30.9. The highest BCUT2D eigenvalue weighted by Gasteiger charge is 2.31. The van der Waals surface area contributed by atoms with Crippen LogP contribution in [0.4, 0.5) is 5.69 Å². The highest BCUT2D eigenvalue weighted by molar-refractivity contribution is 6.39. The fourth-order valence-electron chi connectivity index (χ4n) is 3.53. The lowest BCUT2D eigenvalue weighted by atomic mass is 9.98. The highest BCUT2D eigenvalue weighted by atomic mass is 16.5. The van der Waals surface area contributed by atoms with Crippen LogP contribution in [-0.4, -0.2) is 39.9 Å². The number of anilines is 1. The maximum atomic E-state index is 12.6. The van der Waals surface area contributed by atoms with E-state index in [2.05, 4.69) is 15.5 Å². The molecule has 1 aliphatic rings. The molecule has 1 atom stereocenters. The molecule has 7 heteroatoms.